The van der Waals surface area contributed by atoms with Crippen LogP contribution in [0.15, 0.2) is 18.2 Å². The first-order chi connectivity index (χ1) is 10.1. The molecule has 0 saturated heterocycles. The average molecular weight is 352 g/mol. The van der Waals surface area contributed by atoms with Gasteiger partial charge in [-0.2, -0.15) is 0 Å². The Bertz CT molecular complexity index is 615. The van der Waals surface area contributed by atoms with Gasteiger partial charge >= 0.3 is 13.6 Å². The molecule has 0 heterocycles. The van der Waals surface area contributed by atoms with E-state index in [0.717, 1.165) is 6.92 Å². The molecule has 0 atom stereocenters. The zero-order chi connectivity index (χ0) is 16.9. The number of hydrogen-bond acceptors (Lipinski definition) is 5. The molecule has 0 fully saturated rings. The second-order valence-corrected chi connectivity index (χ2v) is 6.62. The predicted molar refractivity (Wildman–Crippen MR) is 77.1 cm³/mol. The second-order valence-electron chi connectivity index (χ2n) is 4.40. The van der Waals surface area contributed by atoms with Gasteiger partial charge in [-0.15, -0.1) is 0 Å². The van der Waals surface area contributed by atoms with Gasteiger partial charge in [0.2, 0.25) is 0 Å². The van der Waals surface area contributed by atoms with Crippen LogP contribution in [-0.4, -0.2) is 44.6 Å². The fourth-order valence-electron chi connectivity index (χ4n) is 1.58. The Morgan fingerprint density at radius 1 is 1.36 bits per heavy atom. The quantitative estimate of drug-likeness (QED) is 0.234. The summed E-state index contributed by atoms with van der Waals surface area (Å²) in [6.45, 7) is 0.859. The Hall–Kier alpha value is -1.44. The number of esters is 1. The Morgan fingerprint density at radius 3 is 2.55 bits per heavy atom. The van der Waals surface area contributed by atoms with Gasteiger partial charge in [0, 0.05) is 24.6 Å². The maximum atomic E-state index is 12.1. The molecule has 22 heavy (non-hydrogen) atoms. The van der Waals surface area contributed by atoms with E-state index < -0.39 is 25.6 Å². The number of ether oxygens (including phenoxy) is 1. The summed E-state index contributed by atoms with van der Waals surface area (Å²) in [5, 5.41) is 10.2. The molecular weight excluding hydrogens is 337 g/mol. The Balaban J connectivity index is 2.83. The minimum absolute atomic E-state index is 0.0942. The number of carbonyl (C=O) groups excluding carboxylic acids is 2. The van der Waals surface area contributed by atoms with E-state index >= 15 is 0 Å². The minimum atomic E-state index is -4.19. The molecule has 1 aromatic rings. The third-order valence-corrected chi connectivity index (χ3v) is 3.62. The van der Waals surface area contributed by atoms with Crippen LogP contribution < -0.4 is 4.74 Å². The average Bonchev–Trinajstić information content (AvgIpc) is 2.35. The van der Waals surface area contributed by atoms with Gasteiger partial charge in [-0.05, 0) is 18.6 Å². The number of rotatable bonds is 6. The molecule has 0 aliphatic heterocycles. The summed E-state index contributed by atoms with van der Waals surface area (Å²) in [5.74, 6) is -1.65. The van der Waals surface area contributed by atoms with Gasteiger partial charge in [-0.1, -0.05) is 11.6 Å². The lowest BCUT2D eigenvalue weighted by molar-refractivity contribution is -0.131. The highest BCUT2D eigenvalue weighted by Gasteiger charge is 2.21. The van der Waals surface area contributed by atoms with Crippen molar-refractivity contribution in [1.29, 1.82) is 0 Å². The Labute approximate surface area is 131 Å². The predicted octanol–water partition coefficient (Wildman–Crippen LogP) is 1.66. The van der Waals surface area contributed by atoms with Crippen molar-refractivity contribution < 1.29 is 33.9 Å². The molecule has 1 aromatic carbocycles. The molecule has 0 radical (unpaired) electrons. The summed E-state index contributed by atoms with van der Waals surface area (Å²) in [6, 6.07) is 3.90. The molecule has 1 amide bonds. The van der Waals surface area contributed by atoms with Gasteiger partial charge in [-0.3, -0.25) is 19.4 Å². The lowest BCUT2D eigenvalue weighted by Gasteiger charge is -2.17. The molecule has 3 N–H and O–H groups in total. The number of hydroxylamine groups is 2. The molecule has 0 bridgehead atoms. The van der Waals surface area contributed by atoms with E-state index in [9.17, 15) is 19.4 Å². The summed E-state index contributed by atoms with van der Waals surface area (Å²) in [6.07, 6.45) is -0.558. The molecule has 0 saturated carbocycles. The van der Waals surface area contributed by atoms with Crippen molar-refractivity contribution in [2.75, 3.05) is 12.7 Å². The lowest BCUT2D eigenvalue weighted by atomic mass is 10.2. The lowest BCUT2D eigenvalue weighted by Crippen LogP contribution is -2.29. The number of hydrogen-bond donors (Lipinski definition) is 3. The summed E-state index contributed by atoms with van der Waals surface area (Å²) in [5.41, 5.74) is -0.0988. The van der Waals surface area contributed by atoms with Crippen LogP contribution in [-0.2, 0) is 9.36 Å². The maximum absolute atomic E-state index is 12.1. The van der Waals surface area contributed by atoms with E-state index in [1.807, 2.05) is 0 Å². The van der Waals surface area contributed by atoms with Crippen LogP contribution in [0.5, 0.6) is 5.75 Å². The molecule has 122 valence electrons. The third kappa shape index (κ3) is 6.13. The monoisotopic (exact) mass is 351 g/mol. The first kappa shape index (κ1) is 18.6. The van der Waals surface area contributed by atoms with Crippen LogP contribution in [0.1, 0.15) is 23.7 Å². The van der Waals surface area contributed by atoms with Crippen molar-refractivity contribution in [2.45, 2.75) is 13.3 Å². The van der Waals surface area contributed by atoms with Gasteiger partial charge in [0.05, 0.1) is 11.7 Å². The van der Waals surface area contributed by atoms with Crippen molar-refractivity contribution in [2.24, 2.45) is 0 Å². The van der Waals surface area contributed by atoms with Crippen LogP contribution in [0.4, 0.5) is 0 Å². The van der Waals surface area contributed by atoms with E-state index in [1.165, 1.54) is 18.2 Å². The van der Waals surface area contributed by atoms with Crippen molar-refractivity contribution in [3.8, 4) is 5.75 Å². The van der Waals surface area contributed by atoms with Crippen molar-refractivity contribution in [3.05, 3.63) is 28.8 Å². The first-order valence-corrected chi connectivity index (χ1v) is 8.31. The Kier molecular flexibility index (Phi) is 6.52. The zero-order valence-corrected chi connectivity index (χ0v) is 13.3. The summed E-state index contributed by atoms with van der Waals surface area (Å²) in [4.78, 5) is 40.5. The minimum Gasteiger partial charge on any atom is -0.426 e. The van der Waals surface area contributed by atoms with Gasteiger partial charge in [0.15, 0.2) is 0 Å². The van der Waals surface area contributed by atoms with Gasteiger partial charge in [0.25, 0.3) is 5.91 Å². The summed E-state index contributed by atoms with van der Waals surface area (Å²) >= 11 is 5.75. The molecule has 0 aliphatic rings. The first-order valence-electron chi connectivity index (χ1n) is 6.13. The van der Waals surface area contributed by atoms with E-state index in [0.29, 0.717) is 5.06 Å². The molecule has 0 spiro atoms. The highest BCUT2D eigenvalue weighted by Crippen LogP contribution is 2.34. The molecule has 0 aromatic heterocycles. The fraction of sp³-hybridized carbons (Fsp3) is 0.333. The molecule has 8 nitrogen and oxygen atoms in total. The van der Waals surface area contributed by atoms with Gasteiger partial charge in [0.1, 0.15) is 5.75 Å². The van der Waals surface area contributed by atoms with E-state index in [1.54, 1.807) is 0 Å². The normalized spacial score (nSPS) is 11.1. The van der Waals surface area contributed by atoms with Gasteiger partial charge < -0.3 is 14.5 Å². The molecule has 0 aliphatic carbocycles. The topological polar surface area (TPSA) is 124 Å². The molecule has 1 rings (SSSR count). The SMILES string of the molecule is CC(=O)Oc1cc(Cl)ccc1C(=O)N(O)CCCP(=O)(O)O. The van der Waals surface area contributed by atoms with Gasteiger partial charge in [-0.25, -0.2) is 5.06 Å². The molecular formula is C12H15ClNO7P. The highest BCUT2D eigenvalue weighted by molar-refractivity contribution is 7.51. The smallest absolute Gasteiger partial charge is 0.325 e. The van der Waals surface area contributed by atoms with Crippen LogP contribution >= 0.6 is 19.2 Å². The van der Waals surface area contributed by atoms with Crippen LogP contribution in [0.25, 0.3) is 0 Å². The summed E-state index contributed by atoms with van der Waals surface area (Å²) < 4.78 is 15.6. The highest BCUT2D eigenvalue weighted by atomic mass is 35.5. The largest absolute Gasteiger partial charge is 0.426 e. The summed E-state index contributed by atoms with van der Waals surface area (Å²) in [7, 11) is -4.19. The zero-order valence-electron chi connectivity index (χ0n) is 11.6. The van der Waals surface area contributed by atoms with Crippen molar-refractivity contribution in [1.82, 2.24) is 5.06 Å². The Morgan fingerprint density at radius 2 is 2.00 bits per heavy atom. The van der Waals surface area contributed by atoms with E-state index in [-0.39, 0.29) is 29.3 Å². The van der Waals surface area contributed by atoms with E-state index in [4.69, 9.17) is 26.1 Å². The van der Waals surface area contributed by atoms with Crippen molar-refractivity contribution >= 4 is 31.1 Å². The fourth-order valence-corrected chi connectivity index (χ4v) is 2.29. The molecule has 10 heteroatoms. The standard InChI is InChI=1S/C12H15ClNO7P/c1-8(15)21-11-7-9(13)3-4-10(11)12(16)14(17)5-2-6-22(18,19)20/h3-4,7,17H,2,5-6H2,1H3,(H2,18,19,20). The van der Waals surface area contributed by atoms with Crippen LogP contribution in [0.2, 0.25) is 5.02 Å². The number of benzene rings is 1. The molecule has 0 unspecified atom stereocenters. The number of halogens is 1. The number of carbonyl (C=O) groups is 2. The van der Waals surface area contributed by atoms with Crippen molar-refractivity contribution in [3.63, 3.8) is 0 Å². The van der Waals surface area contributed by atoms with E-state index in [2.05, 4.69) is 0 Å². The third-order valence-electron chi connectivity index (χ3n) is 2.48. The van der Waals surface area contributed by atoms with Crippen LogP contribution in [0.3, 0.4) is 0 Å². The maximum Gasteiger partial charge on any atom is 0.325 e. The number of nitrogens with zero attached hydrogens (tertiary/aromatic N) is 1. The number of amides is 1. The second kappa shape index (κ2) is 7.71. The van der Waals surface area contributed by atoms with Crippen LogP contribution in [0, 0.1) is 0 Å².